The van der Waals surface area contributed by atoms with Gasteiger partial charge in [-0.2, -0.15) is 11.8 Å². The summed E-state index contributed by atoms with van der Waals surface area (Å²) in [4.78, 5) is 10.5. The molecule has 0 aliphatic rings. The smallest absolute Gasteiger partial charge is 0.272 e. The molecule has 0 bridgehead atoms. The number of nitro benzene ring substituents is 1. The SMILES string of the molecule is Cc1c(CNCCSCCCO)cccc1[N+](=O)[O-]. The zero-order valence-electron chi connectivity index (χ0n) is 11.1. The highest BCUT2D eigenvalue weighted by Crippen LogP contribution is 2.20. The molecule has 1 rings (SSSR count). The molecule has 0 unspecified atom stereocenters. The summed E-state index contributed by atoms with van der Waals surface area (Å²) in [5.74, 6) is 1.95. The monoisotopic (exact) mass is 284 g/mol. The van der Waals surface area contributed by atoms with E-state index >= 15 is 0 Å². The van der Waals surface area contributed by atoms with Crippen molar-refractivity contribution >= 4 is 17.4 Å². The first-order valence-corrected chi connectivity index (χ1v) is 7.44. The van der Waals surface area contributed by atoms with Gasteiger partial charge in [0.2, 0.25) is 0 Å². The van der Waals surface area contributed by atoms with E-state index in [2.05, 4.69) is 5.32 Å². The molecule has 0 fully saturated rings. The summed E-state index contributed by atoms with van der Waals surface area (Å²) in [6, 6.07) is 5.16. The highest BCUT2D eigenvalue weighted by Gasteiger charge is 2.12. The second kappa shape index (κ2) is 8.90. The minimum atomic E-state index is -0.344. The van der Waals surface area contributed by atoms with Crippen LogP contribution >= 0.6 is 11.8 Å². The number of nitrogens with one attached hydrogen (secondary N) is 1. The summed E-state index contributed by atoms with van der Waals surface area (Å²) in [7, 11) is 0. The Hall–Kier alpha value is -1.11. The molecule has 106 valence electrons. The standard InChI is InChI=1S/C13H20N2O3S/c1-11-12(4-2-5-13(11)15(17)18)10-14-6-9-19-8-3-7-16/h2,4-5,14,16H,3,6-10H2,1H3. The van der Waals surface area contributed by atoms with Crippen LogP contribution in [0.2, 0.25) is 0 Å². The van der Waals surface area contributed by atoms with Crippen LogP contribution in [0.25, 0.3) is 0 Å². The van der Waals surface area contributed by atoms with E-state index in [1.807, 2.05) is 6.07 Å². The highest BCUT2D eigenvalue weighted by molar-refractivity contribution is 7.99. The molecule has 2 N–H and O–H groups in total. The van der Waals surface area contributed by atoms with Crippen molar-refractivity contribution in [2.75, 3.05) is 24.7 Å². The van der Waals surface area contributed by atoms with Gasteiger partial charge in [-0.1, -0.05) is 12.1 Å². The largest absolute Gasteiger partial charge is 0.396 e. The van der Waals surface area contributed by atoms with E-state index in [1.54, 1.807) is 24.8 Å². The van der Waals surface area contributed by atoms with Crippen molar-refractivity contribution in [3.8, 4) is 0 Å². The Morgan fingerprint density at radius 3 is 2.89 bits per heavy atom. The van der Waals surface area contributed by atoms with Crippen LogP contribution in [0.1, 0.15) is 17.5 Å². The Morgan fingerprint density at radius 2 is 2.21 bits per heavy atom. The summed E-state index contributed by atoms with van der Waals surface area (Å²) in [6.45, 7) is 3.53. The predicted octanol–water partition coefficient (Wildman–Crippen LogP) is 2.11. The molecule has 1 aromatic carbocycles. The van der Waals surface area contributed by atoms with Gasteiger partial charge in [0.25, 0.3) is 5.69 Å². The molecule has 0 radical (unpaired) electrons. The summed E-state index contributed by atoms with van der Waals surface area (Å²) < 4.78 is 0. The Balaban J connectivity index is 2.33. The Labute approximate surface area is 117 Å². The highest BCUT2D eigenvalue weighted by atomic mass is 32.2. The second-order valence-corrected chi connectivity index (χ2v) is 5.41. The minimum Gasteiger partial charge on any atom is -0.396 e. The third-order valence-corrected chi connectivity index (χ3v) is 3.87. The Morgan fingerprint density at radius 1 is 1.42 bits per heavy atom. The number of aliphatic hydroxyl groups excluding tert-OH is 1. The maximum Gasteiger partial charge on any atom is 0.272 e. The van der Waals surface area contributed by atoms with Crippen LogP contribution in [0.4, 0.5) is 5.69 Å². The molecule has 1 aromatic rings. The molecule has 0 aliphatic heterocycles. The van der Waals surface area contributed by atoms with E-state index < -0.39 is 0 Å². The van der Waals surface area contributed by atoms with Gasteiger partial charge in [-0.3, -0.25) is 10.1 Å². The van der Waals surface area contributed by atoms with Crippen molar-refractivity contribution in [3.05, 3.63) is 39.4 Å². The topological polar surface area (TPSA) is 75.4 Å². The van der Waals surface area contributed by atoms with E-state index in [9.17, 15) is 10.1 Å². The lowest BCUT2D eigenvalue weighted by atomic mass is 10.1. The third-order valence-electron chi connectivity index (χ3n) is 2.80. The number of hydrogen-bond acceptors (Lipinski definition) is 5. The number of nitrogens with zero attached hydrogens (tertiary/aromatic N) is 1. The average Bonchev–Trinajstić information content (AvgIpc) is 2.39. The molecule has 0 heterocycles. The van der Waals surface area contributed by atoms with E-state index in [4.69, 9.17) is 5.11 Å². The molecule has 6 heteroatoms. The molecule has 5 nitrogen and oxygen atoms in total. The van der Waals surface area contributed by atoms with Crippen LogP contribution < -0.4 is 5.32 Å². The van der Waals surface area contributed by atoms with Crippen molar-refractivity contribution < 1.29 is 10.0 Å². The number of nitro groups is 1. The summed E-state index contributed by atoms with van der Waals surface area (Å²) >= 11 is 1.79. The maximum atomic E-state index is 10.8. The fraction of sp³-hybridized carbons (Fsp3) is 0.538. The number of thioether (sulfide) groups is 1. The van der Waals surface area contributed by atoms with Gasteiger partial charge >= 0.3 is 0 Å². The van der Waals surface area contributed by atoms with Gasteiger partial charge in [0, 0.05) is 37.1 Å². The molecular formula is C13H20N2O3S. The maximum absolute atomic E-state index is 10.8. The first kappa shape index (κ1) is 15.9. The van der Waals surface area contributed by atoms with Crippen molar-refractivity contribution in [2.24, 2.45) is 0 Å². The number of rotatable bonds is 9. The second-order valence-electron chi connectivity index (χ2n) is 4.18. The van der Waals surface area contributed by atoms with Gasteiger partial charge in [0.05, 0.1) is 4.92 Å². The summed E-state index contributed by atoms with van der Waals surface area (Å²) in [6.07, 6.45) is 0.828. The first-order chi connectivity index (χ1) is 9.16. The molecular weight excluding hydrogens is 264 g/mol. The van der Waals surface area contributed by atoms with Gasteiger partial charge in [-0.05, 0) is 24.7 Å². The van der Waals surface area contributed by atoms with Crippen LogP contribution in [-0.2, 0) is 6.54 Å². The predicted molar refractivity (Wildman–Crippen MR) is 78.6 cm³/mol. The van der Waals surface area contributed by atoms with Gasteiger partial charge in [-0.15, -0.1) is 0 Å². The van der Waals surface area contributed by atoms with Crippen molar-refractivity contribution in [3.63, 3.8) is 0 Å². The molecule has 0 aromatic heterocycles. The first-order valence-electron chi connectivity index (χ1n) is 6.29. The summed E-state index contributed by atoms with van der Waals surface area (Å²) in [5, 5.41) is 22.7. The van der Waals surface area contributed by atoms with Gasteiger partial charge in [-0.25, -0.2) is 0 Å². The van der Waals surface area contributed by atoms with Crippen molar-refractivity contribution in [1.82, 2.24) is 5.32 Å². The minimum absolute atomic E-state index is 0.177. The molecule has 0 saturated carbocycles. The molecule has 0 spiro atoms. The normalized spacial score (nSPS) is 10.6. The molecule has 0 saturated heterocycles. The lowest BCUT2D eigenvalue weighted by Gasteiger charge is -2.08. The van der Waals surface area contributed by atoms with Crippen LogP contribution in [-0.4, -0.2) is 34.7 Å². The van der Waals surface area contributed by atoms with E-state index in [-0.39, 0.29) is 17.2 Å². The van der Waals surface area contributed by atoms with Gasteiger partial charge < -0.3 is 10.4 Å². The lowest BCUT2D eigenvalue weighted by molar-refractivity contribution is -0.385. The molecule has 0 atom stereocenters. The number of aliphatic hydroxyl groups is 1. The molecule has 19 heavy (non-hydrogen) atoms. The van der Waals surface area contributed by atoms with Crippen LogP contribution in [0, 0.1) is 17.0 Å². The quantitative estimate of drug-likeness (QED) is 0.413. The third kappa shape index (κ3) is 5.59. The van der Waals surface area contributed by atoms with Gasteiger partial charge in [0.15, 0.2) is 0 Å². The Kier molecular flexibility index (Phi) is 7.47. The Bertz CT molecular complexity index is 413. The van der Waals surface area contributed by atoms with Crippen LogP contribution in [0.3, 0.4) is 0 Å². The van der Waals surface area contributed by atoms with Gasteiger partial charge in [0.1, 0.15) is 0 Å². The van der Waals surface area contributed by atoms with Crippen LogP contribution in [0.15, 0.2) is 18.2 Å². The zero-order chi connectivity index (χ0) is 14.1. The molecule has 0 aliphatic carbocycles. The average molecular weight is 284 g/mol. The number of hydrogen-bond donors (Lipinski definition) is 2. The van der Waals surface area contributed by atoms with Crippen molar-refractivity contribution in [2.45, 2.75) is 19.9 Å². The zero-order valence-corrected chi connectivity index (χ0v) is 11.9. The fourth-order valence-electron chi connectivity index (χ4n) is 1.70. The van der Waals surface area contributed by atoms with E-state index in [0.29, 0.717) is 6.54 Å². The fourth-order valence-corrected chi connectivity index (χ4v) is 2.52. The van der Waals surface area contributed by atoms with E-state index in [0.717, 1.165) is 35.6 Å². The van der Waals surface area contributed by atoms with Crippen molar-refractivity contribution in [1.29, 1.82) is 0 Å². The van der Waals surface area contributed by atoms with Crippen LogP contribution in [0.5, 0.6) is 0 Å². The van der Waals surface area contributed by atoms with E-state index in [1.165, 1.54) is 6.07 Å². The lowest BCUT2D eigenvalue weighted by Crippen LogP contribution is -2.17. The molecule has 0 amide bonds. The summed E-state index contributed by atoms with van der Waals surface area (Å²) in [5.41, 5.74) is 1.87. The number of benzene rings is 1.